The van der Waals surface area contributed by atoms with Gasteiger partial charge in [-0.05, 0) is 0 Å². The lowest BCUT2D eigenvalue weighted by Gasteiger charge is -2.38. The molecule has 12 nitrogen and oxygen atoms in total. The maximum Gasteiger partial charge on any atom is 0.354 e. The number of hydrogen-bond acceptors (Lipinski definition) is 6. The zero-order chi connectivity index (χ0) is 16.2. The van der Waals surface area contributed by atoms with Gasteiger partial charge in [-0.15, -0.1) is 5.12 Å². The molecule has 0 aromatic carbocycles. The molecule has 0 radical (unpaired) electrons. The van der Waals surface area contributed by atoms with Crippen LogP contribution < -0.4 is 17.4 Å². The minimum absolute atomic E-state index is 0.416. The molecular weight excluding hydrogens is 272 g/mol. The first-order chi connectivity index (χ1) is 9.02. The normalized spacial score (nSPS) is 9.50. The Bertz CT molecular complexity index is 397. The summed E-state index contributed by atoms with van der Waals surface area (Å²) in [7, 11) is 4.66. The second kappa shape index (κ2) is 6.53. The highest BCUT2D eigenvalue weighted by Gasteiger charge is 2.34. The van der Waals surface area contributed by atoms with Crippen molar-refractivity contribution in [1.82, 2.24) is 25.2 Å². The van der Waals surface area contributed by atoms with Crippen LogP contribution in [0.15, 0.2) is 0 Å². The summed E-state index contributed by atoms with van der Waals surface area (Å²) in [5.74, 6) is 7.78. The largest absolute Gasteiger partial charge is 0.361 e. The first-order valence-electron chi connectivity index (χ1n) is 5.18. The molecule has 12 heteroatoms. The van der Waals surface area contributed by atoms with Crippen molar-refractivity contribution >= 4 is 23.9 Å². The quantitative estimate of drug-likeness (QED) is 0.184. The van der Waals surface area contributed by atoms with Crippen LogP contribution in [0.1, 0.15) is 0 Å². The maximum absolute atomic E-state index is 11.7. The fourth-order valence-corrected chi connectivity index (χ4v) is 1.19. The van der Waals surface area contributed by atoms with Crippen LogP contribution in [0.2, 0.25) is 0 Å². The number of urea groups is 2. The Hall–Kier alpha value is -2.60. The second-order valence-electron chi connectivity index (χ2n) is 3.79. The van der Waals surface area contributed by atoms with Crippen molar-refractivity contribution in [1.29, 1.82) is 0 Å². The molecule has 20 heavy (non-hydrogen) atoms. The third-order valence-corrected chi connectivity index (χ3v) is 2.12. The van der Waals surface area contributed by atoms with Gasteiger partial charge in [0.15, 0.2) is 0 Å². The summed E-state index contributed by atoms with van der Waals surface area (Å²) < 4.78 is 0. The van der Waals surface area contributed by atoms with Crippen molar-refractivity contribution in [2.75, 3.05) is 28.2 Å². The molecule has 0 aromatic rings. The fraction of sp³-hybridized carbons (Fsp3) is 0.500. The van der Waals surface area contributed by atoms with Gasteiger partial charge in [0.05, 0.1) is 0 Å². The lowest BCUT2D eigenvalue weighted by molar-refractivity contribution is -0.173. The fourth-order valence-electron chi connectivity index (χ4n) is 1.19. The second-order valence-corrected chi connectivity index (χ2v) is 3.79. The molecule has 114 valence electrons. The Kier molecular flexibility index (Phi) is 5.68. The van der Waals surface area contributed by atoms with E-state index in [2.05, 4.69) is 0 Å². The minimum atomic E-state index is -1.37. The molecule has 0 saturated carbocycles. The van der Waals surface area contributed by atoms with Crippen LogP contribution in [0.3, 0.4) is 0 Å². The number of rotatable bonds is 0. The molecular formula is C8H18N8O4. The average Bonchev–Trinajstić information content (AvgIpc) is 2.35. The van der Waals surface area contributed by atoms with Crippen molar-refractivity contribution in [2.24, 2.45) is 17.4 Å². The van der Waals surface area contributed by atoms with Crippen LogP contribution in [0, 0.1) is 0 Å². The van der Waals surface area contributed by atoms with Gasteiger partial charge in [0.2, 0.25) is 0 Å². The summed E-state index contributed by atoms with van der Waals surface area (Å²) in [6, 6.07) is -1.75. The van der Waals surface area contributed by atoms with E-state index < -0.39 is 23.9 Å². The molecule has 0 heterocycles. The monoisotopic (exact) mass is 290 g/mol. The topological polar surface area (TPSA) is 163 Å². The van der Waals surface area contributed by atoms with Gasteiger partial charge in [-0.2, -0.15) is 0 Å². The van der Waals surface area contributed by atoms with Gasteiger partial charge in [0.25, 0.3) is 0 Å². The van der Waals surface area contributed by atoms with E-state index in [0.717, 1.165) is 14.1 Å². The van der Waals surface area contributed by atoms with Crippen molar-refractivity contribution in [2.45, 2.75) is 0 Å². The van der Waals surface area contributed by atoms with E-state index in [4.69, 9.17) is 17.4 Å². The third kappa shape index (κ3) is 3.69. The molecule has 0 spiro atoms. The van der Waals surface area contributed by atoms with Gasteiger partial charge in [-0.25, -0.2) is 31.3 Å². The number of primary amides is 1. The number of amides is 6. The average molecular weight is 290 g/mol. The Morgan fingerprint density at radius 2 is 1.05 bits per heavy atom. The zero-order valence-corrected chi connectivity index (χ0v) is 11.6. The highest BCUT2D eigenvalue weighted by Crippen LogP contribution is 2.05. The number of nitrogens with zero attached hydrogens (tertiary/aromatic N) is 5. The highest BCUT2D eigenvalue weighted by atomic mass is 16.2. The summed E-state index contributed by atoms with van der Waals surface area (Å²) in [5, 5.41) is 2.97. The number of hydrogen-bond donors (Lipinski definition) is 3. The summed E-state index contributed by atoms with van der Waals surface area (Å²) in [5.41, 5.74) is 4.87. The van der Waals surface area contributed by atoms with E-state index >= 15 is 0 Å². The summed E-state index contributed by atoms with van der Waals surface area (Å²) in [6.07, 6.45) is 0. The van der Waals surface area contributed by atoms with Gasteiger partial charge in [-0.3, -0.25) is 19.6 Å². The number of carbonyl (C=O) groups excluding carboxylic acids is 4. The zero-order valence-electron chi connectivity index (χ0n) is 11.6. The molecule has 0 saturated heterocycles. The molecule has 0 bridgehead atoms. The van der Waals surface area contributed by atoms with Crippen molar-refractivity contribution in [3.8, 4) is 0 Å². The third-order valence-electron chi connectivity index (χ3n) is 2.12. The minimum Gasteiger partial charge on any atom is -0.361 e. The van der Waals surface area contributed by atoms with Gasteiger partial charge < -0.3 is 5.73 Å². The molecule has 0 aromatic heterocycles. The number of nitrogens with two attached hydrogens (primary N) is 3. The molecule has 0 aliphatic rings. The van der Waals surface area contributed by atoms with Crippen LogP contribution in [-0.2, 0) is 9.59 Å². The molecule has 6 N–H and O–H groups in total. The summed E-state index contributed by atoms with van der Waals surface area (Å²) >= 11 is 0. The van der Waals surface area contributed by atoms with Crippen LogP contribution in [0.5, 0.6) is 0 Å². The number of carbonyl (C=O) groups is 4. The first kappa shape index (κ1) is 17.4. The highest BCUT2D eigenvalue weighted by molar-refractivity contribution is 6.34. The van der Waals surface area contributed by atoms with Gasteiger partial charge in [-0.1, -0.05) is 0 Å². The van der Waals surface area contributed by atoms with E-state index in [1.54, 1.807) is 0 Å². The summed E-state index contributed by atoms with van der Waals surface area (Å²) in [6.45, 7) is 0. The maximum atomic E-state index is 11.7. The Balaban J connectivity index is 5.50. The van der Waals surface area contributed by atoms with Crippen molar-refractivity contribution in [3.05, 3.63) is 0 Å². The van der Waals surface area contributed by atoms with E-state index in [-0.39, 0.29) is 0 Å². The lowest BCUT2D eigenvalue weighted by Crippen LogP contribution is -2.64. The predicted octanol–water partition coefficient (Wildman–Crippen LogP) is -3.16. The lowest BCUT2D eigenvalue weighted by atomic mass is 10.6. The molecule has 0 fully saturated rings. The first-order valence-corrected chi connectivity index (χ1v) is 5.18. The predicted molar refractivity (Wildman–Crippen MR) is 66.3 cm³/mol. The van der Waals surface area contributed by atoms with Crippen LogP contribution in [0.25, 0.3) is 0 Å². The van der Waals surface area contributed by atoms with Crippen molar-refractivity contribution < 1.29 is 19.2 Å². The van der Waals surface area contributed by atoms with Gasteiger partial charge in [0.1, 0.15) is 0 Å². The molecule has 0 atom stereocenters. The smallest absolute Gasteiger partial charge is 0.354 e. The Morgan fingerprint density at radius 3 is 1.25 bits per heavy atom. The molecule has 6 amide bonds. The molecule has 0 unspecified atom stereocenters. The van der Waals surface area contributed by atoms with Crippen molar-refractivity contribution in [3.63, 3.8) is 0 Å². The molecule has 0 rings (SSSR count). The van der Waals surface area contributed by atoms with Crippen LogP contribution in [0.4, 0.5) is 9.59 Å². The van der Waals surface area contributed by atoms with E-state index in [9.17, 15) is 19.2 Å². The Labute approximate surface area is 115 Å². The molecule has 0 aliphatic carbocycles. The van der Waals surface area contributed by atoms with E-state index in [1.807, 2.05) is 0 Å². The Morgan fingerprint density at radius 1 is 0.750 bits per heavy atom. The summed E-state index contributed by atoms with van der Waals surface area (Å²) in [4.78, 5) is 46.1. The SMILES string of the molecule is CN(N)C(=O)N(C)N(C(=O)C(N)=O)N(C)C(=O)N(C)N. The van der Waals surface area contributed by atoms with Gasteiger partial charge >= 0.3 is 23.9 Å². The van der Waals surface area contributed by atoms with Gasteiger partial charge in [0, 0.05) is 28.2 Å². The van der Waals surface area contributed by atoms with Crippen LogP contribution >= 0.6 is 0 Å². The number of hydrazine groups is 4. The standard InChI is InChI=1S/C8H18N8O4/c1-12(10)7(19)14(3)16(6(18)5(9)17)15(4)8(20)13(2)11/h10-11H2,1-4H3,(H2,9,17). The molecule has 0 aliphatic heterocycles. The van der Waals surface area contributed by atoms with E-state index in [1.165, 1.54) is 14.1 Å². The van der Waals surface area contributed by atoms with Crippen LogP contribution in [-0.4, -0.2) is 77.2 Å². The van der Waals surface area contributed by atoms with E-state index in [0.29, 0.717) is 25.2 Å².